The van der Waals surface area contributed by atoms with Crippen LogP contribution in [0, 0.1) is 20.9 Å². The maximum atomic E-state index is 6.05. The molecule has 1 aromatic heterocycles. The van der Waals surface area contributed by atoms with Gasteiger partial charge in [0.15, 0.2) is 5.82 Å². The fourth-order valence-electron chi connectivity index (χ4n) is 2.01. The second kappa shape index (κ2) is 5.10. The van der Waals surface area contributed by atoms with Crippen LogP contribution in [0.25, 0.3) is 22.0 Å². The molecular weight excluding hydrogens is 264 g/mol. The van der Waals surface area contributed by atoms with Gasteiger partial charge >= 0.3 is 0 Å². The molecule has 0 saturated carbocycles. The van der Waals surface area contributed by atoms with Crippen molar-refractivity contribution in [2.75, 3.05) is 0 Å². The van der Waals surface area contributed by atoms with Gasteiger partial charge in [-0.2, -0.15) is 0 Å². The third-order valence-electron chi connectivity index (χ3n) is 3.21. The van der Waals surface area contributed by atoms with Gasteiger partial charge in [-0.25, -0.2) is 0 Å². The zero-order valence-electron chi connectivity index (χ0n) is 11.5. The molecule has 0 aliphatic rings. The lowest BCUT2D eigenvalue weighted by atomic mass is 10.1. The lowest BCUT2D eigenvalue weighted by molar-refractivity contribution is -0.527. The smallest absolute Gasteiger partial charge is 0.248 e. The second-order valence-corrected chi connectivity index (χ2v) is 5.85. The monoisotopic (exact) mass is 279 g/mol. The standard InChI is InChI=1S/C17H15N2S/c1-12-4-8-14(9-5-12)16-18-17(20-19(16)3)15-10-6-13(2)7-11-15/h3-11H,1-2H3. The van der Waals surface area contributed by atoms with Crippen LogP contribution >= 0.6 is 11.5 Å². The Bertz CT molecular complexity index is 725. The molecule has 3 rings (SSSR count). The van der Waals surface area contributed by atoms with Crippen LogP contribution in [0.2, 0.25) is 0 Å². The third kappa shape index (κ3) is 2.45. The topological polar surface area (TPSA) is 16.8 Å². The van der Waals surface area contributed by atoms with Crippen molar-refractivity contribution in [1.82, 2.24) is 4.98 Å². The first-order valence-electron chi connectivity index (χ1n) is 6.46. The van der Waals surface area contributed by atoms with Crippen molar-refractivity contribution in [2.24, 2.45) is 0 Å². The van der Waals surface area contributed by atoms with Crippen molar-refractivity contribution in [1.29, 1.82) is 0 Å². The number of rotatable bonds is 2. The molecule has 0 bridgehead atoms. The minimum absolute atomic E-state index is 0.797. The molecule has 2 aromatic carbocycles. The van der Waals surface area contributed by atoms with E-state index in [1.54, 1.807) is 3.96 Å². The molecule has 0 aliphatic heterocycles. The molecule has 0 spiro atoms. The van der Waals surface area contributed by atoms with E-state index in [0.717, 1.165) is 22.0 Å². The van der Waals surface area contributed by atoms with Crippen molar-refractivity contribution < 1.29 is 3.96 Å². The highest BCUT2D eigenvalue weighted by atomic mass is 32.1. The zero-order chi connectivity index (χ0) is 14.1. The van der Waals surface area contributed by atoms with E-state index in [-0.39, 0.29) is 0 Å². The second-order valence-electron chi connectivity index (χ2n) is 4.89. The largest absolute Gasteiger partial charge is 0.312 e. The molecule has 1 heterocycles. The van der Waals surface area contributed by atoms with Crippen molar-refractivity contribution in [2.45, 2.75) is 13.8 Å². The van der Waals surface area contributed by atoms with Crippen molar-refractivity contribution in [3.63, 3.8) is 0 Å². The molecule has 0 unspecified atom stereocenters. The van der Waals surface area contributed by atoms with E-state index in [1.807, 2.05) is 12.1 Å². The quantitative estimate of drug-likeness (QED) is 0.513. The SMILES string of the molecule is [CH-][n+]1sc(-c2ccc(C)cc2)nc1-c1ccc(C)cc1. The highest BCUT2D eigenvalue weighted by Gasteiger charge is 2.13. The van der Waals surface area contributed by atoms with E-state index >= 15 is 0 Å². The molecule has 20 heavy (non-hydrogen) atoms. The molecule has 3 aromatic rings. The Morgan fingerprint density at radius 1 is 0.850 bits per heavy atom. The first kappa shape index (κ1) is 12.9. The summed E-state index contributed by atoms with van der Waals surface area (Å²) < 4.78 is 1.62. The van der Waals surface area contributed by atoms with Gasteiger partial charge in [0.1, 0.15) is 0 Å². The zero-order valence-corrected chi connectivity index (χ0v) is 12.3. The Morgan fingerprint density at radius 3 is 1.90 bits per heavy atom. The number of hydrogen-bond acceptors (Lipinski definition) is 2. The molecular formula is C17H15N2S. The fraction of sp³-hybridized carbons (Fsp3) is 0.118. The normalized spacial score (nSPS) is 10.7. The summed E-state index contributed by atoms with van der Waals surface area (Å²) in [5.74, 6) is 0.797. The summed E-state index contributed by atoms with van der Waals surface area (Å²) in [5, 5.41) is 0.933. The van der Waals surface area contributed by atoms with Crippen LogP contribution in [0.15, 0.2) is 48.5 Å². The van der Waals surface area contributed by atoms with Crippen molar-refractivity contribution in [3.8, 4) is 22.0 Å². The highest BCUT2D eigenvalue weighted by Crippen LogP contribution is 2.24. The summed E-state index contributed by atoms with van der Waals surface area (Å²) in [7, 11) is 6.05. The van der Waals surface area contributed by atoms with Crippen LogP contribution in [-0.4, -0.2) is 4.98 Å². The Hall–Kier alpha value is -2.13. The molecule has 99 valence electrons. The van der Waals surface area contributed by atoms with E-state index < -0.39 is 0 Å². The minimum Gasteiger partial charge on any atom is -0.312 e. The van der Waals surface area contributed by atoms with Gasteiger partial charge in [-0.1, -0.05) is 54.6 Å². The van der Waals surface area contributed by atoms with Gasteiger partial charge in [-0.05, 0) is 31.5 Å². The van der Waals surface area contributed by atoms with Gasteiger partial charge < -0.3 is 3.96 Å². The van der Waals surface area contributed by atoms with Crippen LogP contribution in [0.5, 0.6) is 0 Å². The number of aryl methyl sites for hydroxylation is 2. The molecule has 0 amide bonds. The summed E-state index contributed by atoms with van der Waals surface area (Å²) in [6.45, 7) is 4.14. The molecule has 3 heteroatoms. The van der Waals surface area contributed by atoms with E-state index in [9.17, 15) is 0 Å². The van der Waals surface area contributed by atoms with E-state index in [1.165, 1.54) is 22.7 Å². The first-order valence-corrected chi connectivity index (χ1v) is 7.23. The number of hydrogen-bond donors (Lipinski definition) is 0. The van der Waals surface area contributed by atoms with Crippen LogP contribution in [0.1, 0.15) is 11.1 Å². The molecule has 0 N–H and O–H groups in total. The Morgan fingerprint density at radius 2 is 1.35 bits per heavy atom. The maximum absolute atomic E-state index is 6.05. The van der Waals surface area contributed by atoms with E-state index in [0.29, 0.717) is 0 Å². The van der Waals surface area contributed by atoms with Gasteiger partial charge in [-0.3, -0.25) is 0 Å². The number of nitrogens with zero attached hydrogens (tertiary/aromatic N) is 2. The highest BCUT2D eigenvalue weighted by molar-refractivity contribution is 7.05. The third-order valence-corrected chi connectivity index (χ3v) is 4.08. The van der Waals surface area contributed by atoms with Gasteiger partial charge in [0.2, 0.25) is 5.01 Å². The van der Waals surface area contributed by atoms with Crippen molar-refractivity contribution >= 4 is 11.5 Å². The van der Waals surface area contributed by atoms with Gasteiger partial charge in [0.05, 0.1) is 11.5 Å². The fourth-order valence-corrected chi connectivity index (χ4v) is 2.80. The Balaban J connectivity index is 2.02. The summed E-state index contributed by atoms with van der Waals surface area (Å²) in [5.41, 5.74) is 4.60. The first-order chi connectivity index (χ1) is 9.63. The predicted octanol–water partition coefficient (Wildman–Crippen LogP) is 3.90. The minimum atomic E-state index is 0.797. The number of benzene rings is 2. The van der Waals surface area contributed by atoms with Crippen LogP contribution in [0.4, 0.5) is 0 Å². The van der Waals surface area contributed by atoms with Gasteiger partial charge in [0.25, 0.3) is 0 Å². The average Bonchev–Trinajstić information content (AvgIpc) is 2.82. The maximum Gasteiger partial charge on any atom is 0.248 e. The molecule has 0 aliphatic carbocycles. The lowest BCUT2D eigenvalue weighted by Crippen LogP contribution is -2.21. The van der Waals surface area contributed by atoms with Crippen LogP contribution in [-0.2, 0) is 0 Å². The average molecular weight is 279 g/mol. The van der Waals surface area contributed by atoms with Crippen LogP contribution < -0.4 is 3.96 Å². The van der Waals surface area contributed by atoms with E-state index in [4.69, 9.17) is 7.05 Å². The molecule has 0 atom stereocenters. The summed E-state index contributed by atoms with van der Waals surface area (Å²) in [6.07, 6.45) is 0. The Labute approximate surface area is 123 Å². The molecule has 2 nitrogen and oxygen atoms in total. The van der Waals surface area contributed by atoms with E-state index in [2.05, 4.69) is 55.2 Å². The molecule has 0 saturated heterocycles. The van der Waals surface area contributed by atoms with Gasteiger partial charge in [-0.15, -0.1) is 4.98 Å². The van der Waals surface area contributed by atoms with Gasteiger partial charge in [0, 0.05) is 5.56 Å². The summed E-state index contributed by atoms with van der Waals surface area (Å²) >= 11 is 1.46. The van der Waals surface area contributed by atoms with Crippen LogP contribution in [0.3, 0.4) is 0 Å². The predicted molar refractivity (Wildman–Crippen MR) is 82.4 cm³/mol. The number of aromatic nitrogens is 2. The summed E-state index contributed by atoms with van der Waals surface area (Å²) in [6, 6.07) is 16.6. The molecule has 1 radical (unpaired) electrons. The Kier molecular flexibility index (Phi) is 3.28. The van der Waals surface area contributed by atoms with Crippen molar-refractivity contribution in [3.05, 3.63) is 66.7 Å². The lowest BCUT2D eigenvalue weighted by Gasteiger charge is -2.00. The molecule has 0 fully saturated rings. The summed E-state index contributed by atoms with van der Waals surface area (Å²) in [4.78, 5) is 4.67.